The van der Waals surface area contributed by atoms with E-state index in [1.54, 1.807) is 0 Å². The van der Waals surface area contributed by atoms with E-state index in [0.717, 1.165) is 11.1 Å². The fourth-order valence-corrected chi connectivity index (χ4v) is 2.48. The van der Waals surface area contributed by atoms with Crippen molar-refractivity contribution in [2.75, 3.05) is 0 Å². The number of halogens is 1. The minimum atomic E-state index is -0.784. The number of rotatable bonds is 5. The predicted octanol–water partition coefficient (Wildman–Crippen LogP) is 4.34. The van der Waals surface area contributed by atoms with Gasteiger partial charge in [-0.2, -0.15) is 0 Å². The lowest BCUT2D eigenvalue weighted by Gasteiger charge is -2.18. The van der Waals surface area contributed by atoms with Crippen LogP contribution in [-0.4, -0.2) is 11.1 Å². The van der Waals surface area contributed by atoms with Crippen LogP contribution in [0.3, 0.4) is 0 Å². The molecule has 1 atom stereocenters. The zero-order valence-electron chi connectivity index (χ0n) is 10.4. The lowest BCUT2D eigenvalue weighted by molar-refractivity contribution is -0.137. The quantitative estimate of drug-likeness (QED) is 0.881. The highest BCUT2D eigenvalue weighted by Gasteiger charge is 2.17. The minimum absolute atomic E-state index is 0.0194. The van der Waals surface area contributed by atoms with Gasteiger partial charge in [0.25, 0.3) is 0 Å². The molecule has 2 aromatic rings. The number of carboxylic acids is 1. The third-order valence-corrected chi connectivity index (χ3v) is 3.47. The topological polar surface area (TPSA) is 37.3 Å². The van der Waals surface area contributed by atoms with E-state index in [1.165, 1.54) is 0 Å². The number of carbonyl (C=O) groups is 1. The summed E-state index contributed by atoms with van der Waals surface area (Å²) in [5.74, 6) is -0.765. The van der Waals surface area contributed by atoms with Gasteiger partial charge in [-0.25, -0.2) is 0 Å². The van der Waals surface area contributed by atoms with Gasteiger partial charge in [-0.1, -0.05) is 60.1 Å². The molecule has 0 heterocycles. The Morgan fingerprint density at radius 3 is 2.32 bits per heavy atom. The van der Waals surface area contributed by atoms with Gasteiger partial charge in [0.15, 0.2) is 0 Å². The smallest absolute Gasteiger partial charge is 0.303 e. The molecule has 98 valence electrons. The van der Waals surface area contributed by atoms with E-state index in [2.05, 4.69) is 0 Å². The monoisotopic (exact) mass is 274 g/mol. The molecule has 0 saturated carbocycles. The summed E-state index contributed by atoms with van der Waals surface area (Å²) in [5, 5.41) is 9.57. The first-order valence-electron chi connectivity index (χ1n) is 6.19. The van der Waals surface area contributed by atoms with Crippen molar-refractivity contribution in [1.82, 2.24) is 0 Å². The summed E-state index contributed by atoms with van der Waals surface area (Å²) >= 11 is 6.24. The Morgan fingerprint density at radius 2 is 1.68 bits per heavy atom. The van der Waals surface area contributed by atoms with Gasteiger partial charge in [0.1, 0.15) is 0 Å². The molecule has 0 fully saturated rings. The Labute approximate surface area is 117 Å². The highest BCUT2D eigenvalue weighted by Crippen LogP contribution is 2.33. The van der Waals surface area contributed by atoms with E-state index >= 15 is 0 Å². The standard InChI is InChI=1S/C16H15ClO2/c17-15-9-5-4-8-14(15)13(10-11-16(18)19)12-6-2-1-3-7-12/h1-9,13H,10-11H2,(H,18,19). The summed E-state index contributed by atoms with van der Waals surface area (Å²) < 4.78 is 0. The second-order valence-corrected chi connectivity index (χ2v) is 4.82. The summed E-state index contributed by atoms with van der Waals surface area (Å²) in [6.45, 7) is 0. The molecule has 3 heteroatoms. The van der Waals surface area contributed by atoms with Crippen LogP contribution in [0.5, 0.6) is 0 Å². The summed E-state index contributed by atoms with van der Waals surface area (Å²) in [6, 6.07) is 17.5. The molecular formula is C16H15ClO2. The predicted molar refractivity (Wildman–Crippen MR) is 76.6 cm³/mol. The van der Waals surface area contributed by atoms with E-state index in [-0.39, 0.29) is 12.3 Å². The van der Waals surface area contributed by atoms with Crippen LogP contribution < -0.4 is 0 Å². The number of carboxylic acid groups (broad SMARTS) is 1. The van der Waals surface area contributed by atoms with Crippen molar-refractivity contribution in [2.45, 2.75) is 18.8 Å². The first kappa shape index (κ1) is 13.6. The van der Waals surface area contributed by atoms with Crippen LogP contribution in [0.25, 0.3) is 0 Å². The van der Waals surface area contributed by atoms with Crippen molar-refractivity contribution in [1.29, 1.82) is 0 Å². The van der Waals surface area contributed by atoms with E-state index in [9.17, 15) is 4.79 Å². The largest absolute Gasteiger partial charge is 0.481 e. The van der Waals surface area contributed by atoms with Crippen molar-refractivity contribution in [3.63, 3.8) is 0 Å². The third-order valence-electron chi connectivity index (χ3n) is 3.13. The molecule has 0 aromatic heterocycles. The molecule has 2 nitrogen and oxygen atoms in total. The van der Waals surface area contributed by atoms with Gasteiger partial charge in [0.2, 0.25) is 0 Å². The summed E-state index contributed by atoms with van der Waals surface area (Å²) in [6.07, 6.45) is 0.674. The summed E-state index contributed by atoms with van der Waals surface area (Å²) in [7, 11) is 0. The maximum absolute atomic E-state index is 10.8. The van der Waals surface area contributed by atoms with Gasteiger partial charge in [-0.15, -0.1) is 0 Å². The second-order valence-electron chi connectivity index (χ2n) is 4.42. The Hall–Kier alpha value is -1.80. The highest BCUT2D eigenvalue weighted by molar-refractivity contribution is 6.31. The van der Waals surface area contributed by atoms with Crippen LogP contribution in [0.4, 0.5) is 0 Å². The molecule has 2 aromatic carbocycles. The molecule has 0 aliphatic heterocycles. The normalized spacial score (nSPS) is 12.1. The van der Waals surface area contributed by atoms with E-state index < -0.39 is 5.97 Å². The van der Waals surface area contributed by atoms with Crippen molar-refractivity contribution in [3.8, 4) is 0 Å². The van der Waals surface area contributed by atoms with Gasteiger partial charge in [-0.3, -0.25) is 4.79 Å². The Kier molecular flexibility index (Phi) is 4.58. The highest BCUT2D eigenvalue weighted by atomic mass is 35.5. The van der Waals surface area contributed by atoms with Gasteiger partial charge in [-0.05, 0) is 23.6 Å². The van der Waals surface area contributed by atoms with Crippen molar-refractivity contribution in [3.05, 3.63) is 70.7 Å². The average molecular weight is 275 g/mol. The first-order chi connectivity index (χ1) is 9.18. The van der Waals surface area contributed by atoms with Gasteiger partial charge in [0.05, 0.1) is 0 Å². The van der Waals surface area contributed by atoms with Crippen molar-refractivity contribution in [2.24, 2.45) is 0 Å². The second kappa shape index (κ2) is 6.39. The maximum Gasteiger partial charge on any atom is 0.303 e. The first-order valence-corrected chi connectivity index (χ1v) is 6.57. The maximum atomic E-state index is 10.8. The molecule has 0 amide bonds. The fourth-order valence-electron chi connectivity index (χ4n) is 2.21. The zero-order valence-corrected chi connectivity index (χ0v) is 11.2. The van der Waals surface area contributed by atoms with Crippen molar-refractivity contribution >= 4 is 17.6 Å². The zero-order chi connectivity index (χ0) is 13.7. The van der Waals surface area contributed by atoms with Gasteiger partial charge >= 0.3 is 5.97 Å². The Bertz CT molecular complexity index is 552. The van der Waals surface area contributed by atoms with Crippen LogP contribution in [0, 0.1) is 0 Å². The molecule has 0 spiro atoms. The Balaban J connectivity index is 2.35. The minimum Gasteiger partial charge on any atom is -0.481 e. The van der Waals surface area contributed by atoms with Crippen molar-refractivity contribution < 1.29 is 9.90 Å². The van der Waals surface area contributed by atoms with Crippen LogP contribution in [0.2, 0.25) is 5.02 Å². The van der Waals surface area contributed by atoms with E-state index in [0.29, 0.717) is 11.4 Å². The summed E-state index contributed by atoms with van der Waals surface area (Å²) in [4.78, 5) is 10.8. The molecule has 1 unspecified atom stereocenters. The summed E-state index contributed by atoms with van der Waals surface area (Å²) in [5.41, 5.74) is 2.08. The average Bonchev–Trinajstić information content (AvgIpc) is 2.42. The Morgan fingerprint density at radius 1 is 1.05 bits per heavy atom. The number of hydrogen-bond acceptors (Lipinski definition) is 1. The third kappa shape index (κ3) is 3.58. The van der Waals surface area contributed by atoms with Crippen LogP contribution in [-0.2, 0) is 4.79 Å². The molecule has 1 N–H and O–H groups in total. The molecule has 0 bridgehead atoms. The molecule has 0 saturated heterocycles. The molecule has 0 radical (unpaired) electrons. The molecule has 0 aliphatic carbocycles. The molecule has 2 rings (SSSR count). The fraction of sp³-hybridized carbons (Fsp3) is 0.188. The van der Waals surface area contributed by atoms with Crippen LogP contribution >= 0.6 is 11.6 Å². The van der Waals surface area contributed by atoms with E-state index in [1.807, 2.05) is 54.6 Å². The number of benzene rings is 2. The van der Waals surface area contributed by atoms with Crippen LogP contribution in [0.15, 0.2) is 54.6 Å². The van der Waals surface area contributed by atoms with Crippen LogP contribution in [0.1, 0.15) is 29.9 Å². The molecular weight excluding hydrogens is 260 g/mol. The lowest BCUT2D eigenvalue weighted by atomic mass is 9.87. The number of aliphatic carboxylic acids is 1. The SMILES string of the molecule is O=C(O)CCC(c1ccccc1)c1ccccc1Cl. The van der Waals surface area contributed by atoms with Gasteiger partial charge in [0, 0.05) is 17.4 Å². The lowest BCUT2D eigenvalue weighted by Crippen LogP contribution is -2.05. The number of hydrogen-bond donors (Lipinski definition) is 1. The molecule has 0 aliphatic rings. The van der Waals surface area contributed by atoms with E-state index in [4.69, 9.17) is 16.7 Å². The molecule has 19 heavy (non-hydrogen) atoms. The van der Waals surface area contributed by atoms with Gasteiger partial charge < -0.3 is 5.11 Å².